The van der Waals surface area contributed by atoms with Crippen molar-refractivity contribution in [1.29, 1.82) is 0 Å². The zero-order valence-electron chi connectivity index (χ0n) is 15.9. The lowest BCUT2D eigenvalue weighted by Gasteiger charge is -2.28. The summed E-state index contributed by atoms with van der Waals surface area (Å²) >= 11 is 5.96. The SMILES string of the molecule is COc1ccccc1OCCNC(=O)C(C)N(c1cccc(Cl)c1)S(C)(=O)=O. The molecule has 0 heterocycles. The summed E-state index contributed by atoms with van der Waals surface area (Å²) < 4.78 is 36.3. The lowest BCUT2D eigenvalue weighted by atomic mass is 10.2. The summed E-state index contributed by atoms with van der Waals surface area (Å²) in [6, 6.07) is 12.5. The molecule has 0 fully saturated rings. The summed E-state index contributed by atoms with van der Waals surface area (Å²) in [6.45, 7) is 1.92. The molecular formula is C19H23ClN2O5S. The molecule has 1 atom stereocenters. The van der Waals surface area contributed by atoms with Crippen LogP contribution in [0.5, 0.6) is 11.5 Å². The van der Waals surface area contributed by atoms with Gasteiger partial charge in [-0.15, -0.1) is 0 Å². The number of methoxy groups -OCH3 is 1. The van der Waals surface area contributed by atoms with Crippen molar-refractivity contribution in [3.8, 4) is 11.5 Å². The third kappa shape index (κ3) is 5.77. The lowest BCUT2D eigenvalue weighted by Crippen LogP contribution is -2.48. The number of benzene rings is 2. The van der Waals surface area contributed by atoms with Crippen molar-refractivity contribution < 1.29 is 22.7 Å². The van der Waals surface area contributed by atoms with E-state index >= 15 is 0 Å². The standard InChI is InChI=1S/C19H23ClN2O5S/c1-14(22(28(3,24)25)16-8-6-7-15(20)13-16)19(23)21-11-12-27-18-10-5-4-9-17(18)26-2/h4-10,13-14H,11-12H2,1-3H3,(H,21,23). The van der Waals surface area contributed by atoms with E-state index in [1.807, 2.05) is 12.1 Å². The number of nitrogens with one attached hydrogen (secondary N) is 1. The second-order valence-corrected chi connectivity index (χ2v) is 8.30. The van der Waals surface area contributed by atoms with E-state index in [0.717, 1.165) is 10.6 Å². The molecule has 0 aliphatic heterocycles. The zero-order valence-corrected chi connectivity index (χ0v) is 17.5. The smallest absolute Gasteiger partial charge is 0.243 e. The number of halogens is 1. The first-order valence-corrected chi connectivity index (χ1v) is 10.7. The van der Waals surface area contributed by atoms with Crippen LogP contribution in [0, 0.1) is 0 Å². The Labute approximate surface area is 170 Å². The Bertz CT molecular complexity index is 920. The Morgan fingerprint density at radius 3 is 2.46 bits per heavy atom. The molecule has 1 amide bonds. The van der Waals surface area contributed by atoms with E-state index in [1.54, 1.807) is 37.4 Å². The number of amides is 1. The normalized spacial score (nSPS) is 12.1. The Hall–Kier alpha value is -2.45. The number of anilines is 1. The van der Waals surface area contributed by atoms with E-state index in [-0.39, 0.29) is 13.2 Å². The quantitative estimate of drug-likeness (QED) is 0.623. The maximum Gasteiger partial charge on any atom is 0.243 e. The topological polar surface area (TPSA) is 84.9 Å². The molecular weight excluding hydrogens is 404 g/mol. The first-order chi connectivity index (χ1) is 13.2. The van der Waals surface area contributed by atoms with Crippen LogP contribution in [-0.2, 0) is 14.8 Å². The van der Waals surface area contributed by atoms with Crippen LogP contribution in [0.1, 0.15) is 6.92 Å². The molecule has 2 rings (SSSR count). The van der Waals surface area contributed by atoms with Crippen LogP contribution >= 0.6 is 11.6 Å². The number of hydrogen-bond acceptors (Lipinski definition) is 5. The summed E-state index contributed by atoms with van der Waals surface area (Å²) in [5, 5.41) is 3.06. The first-order valence-electron chi connectivity index (χ1n) is 8.52. The maximum atomic E-state index is 12.5. The van der Waals surface area contributed by atoms with Gasteiger partial charge in [-0.1, -0.05) is 29.8 Å². The minimum Gasteiger partial charge on any atom is -0.493 e. The van der Waals surface area contributed by atoms with E-state index in [1.165, 1.54) is 13.0 Å². The Morgan fingerprint density at radius 1 is 1.18 bits per heavy atom. The molecule has 0 radical (unpaired) electrons. The number of carbonyl (C=O) groups is 1. The average molecular weight is 427 g/mol. The van der Waals surface area contributed by atoms with Gasteiger partial charge in [0, 0.05) is 5.02 Å². The summed E-state index contributed by atoms with van der Waals surface area (Å²) in [5.41, 5.74) is 0.322. The van der Waals surface area contributed by atoms with E-state index in [4.69, 9.17) is 21.1 Å². The number of nitrogens with zero attached hydrogens (tertiary/aromatic N) is 1. The van der Waals surface area contributed by atoms with Gasteiger partial charge in [-0.3, -0.25) is 9.10 Å². The molecule has 2 aromatic carbocycles. The number of ether oxygens (including phenoxy) is 2. The predicted molar refractivity (Wildman–Crippen MR) is 110 cm³/mol. The Morgan fingerprint density at radius 2 is 1.86 bits per heavy atom. The van der Waals surface area contributed by atoms with E-state index in [9.17, 15) is 13.2 Å². The highest BCUT2D eigenvalue weighted by atomic mass is 35.5. The van der Waals surface area contributed by atoms with Gasteiger partial charge >= 0.3 is 0 Å². The molecule has 0 aliphatic rings. The second kappa shape index (κ2) is 9.66. The largest absolute Gasteiger partial charge is 0.493 e. The third-order valence-corrected chi connectivity index (χ3v) is 5.36. The molecule has 0 bridgehead atoms. The van der Waals surface area contributed by atoms with Crippen LogP contribution in [-0.4, -0.2) is 46.9 Å². The van der Waals surface area contributed by atoms with E-state index < -0.39 is 22.0 Å². The number of hydrogen-bond donors (Lipinski definition) is 1. The highest BCUT2D eigenvalue weighted by molar-refractivity contribution is 7.92. The second-order valence-electron chi connectivity index (χ2n) is 6.01. The molecule has 28 heavy (non-hydrogen) atoms. The van der Waals surface area contributed by atoms with Gasteiger partial charge in [-0.25, -0.2) is 8.42 Å². The maximum absolute atomic E-state index is 12.5. The predicted octanol–water partition coefficient (Wildman–Crippen LogP) is 2.70. The van der Waals surface area contributed by atoms with E-state index in [0.29, 0.717) is 22.2 Å². The molecule has 2 aromatic rings. The van der Waals surface area contributed by atoms with Crippen LogP contribution in [0.2, 0.25) is 5.02 Å². The molecule has 0 aliphatic carbocycles. The number of para-hydroxylation sites is 2. The van der Waals surface area contributed by atoms with Gasteiger partial charge in [0.15, 0.2) is 11.5 Å². The summed E-state index contributed by atoms with van der Waals surface area (Å²) in [7, 11) is -2.15. The highest BCUT2D eigenvalue weighted by Crippen LogP contribution is 2.26. The van der Waals surface area contributed by atoms with Crippen LogP contribution in [0.25, 0.3) is 0 Å². The fourth-order valence-corrected chi connectivity index (χ4v) is 3.99. The van der Waals surface area contributed by atoms with Crippen LogP contribution < -0.4 is 19.1 Å². The van der Waals surface area contributed by atoms with Crippen LogP contribution in [0.15, 0.2) is 48.5 Å². The fraction of sp³-hybridized carbons (Fsp3) is 0.316. The van der Waals surface area contributed by atoms with Gasteiger partial charge in [0.2, 0.25) is 15.9 Å². The van der Waals surface area contributed by atoms with Crippen LogP contribution in [0.3, 0.4) is 0 Å². The molecule has 9 heteroatoms. The van der Waals surface area contributed by atoms with Gasteiger partial charge in [0.05, 0.1) is 25.6 Å². The summed E-state index contributed by atoms with van der Waals surface area (Å²) in [4.78, 5) is 12.5. The monoisotopic (exact) mass is 426 g/mol. The minimum absolute atomic E-state index is 0.203. The van der Waals surface area contributed by atoms with Crippen molar-refractivity contribution in [2.75, 3.05) is 30.8 Å². The fourth-order valence-electron chi connectivity index (χ4n) is 2.64. The first kappa shape index (κ1) is 21.8. The molecule has 7 nitrogen and oxygen atoms in total. The van der Waals surface area contributed by atoms with Crippen molar-refractivity contribution in [3.63, 3.8) is 0 Å². The average Bonchev–Trinajstić information content (AvgIpc) is 2.64. The van der Waals surface area contributed by atoms with Crippen molar-refractivity contribution in [3.05, 3.63) is 53.6 Å². The molecule has 0 spiro atoms. The number of sulfonamides is 1. The minimum atomic E-state index is -3.70. The van der Waals surface area contributed by atoms with Gasteiger partial charge in [0.25, 0.3) is 0 Å². The van der Waals surface area contributed by atoms with Gasteiger partial charge in [-0.2, -0.15) is 0 Å². The molecule has 1 unspecified atom stereocenters. The van der Waals surface area contributed by atoms with Gasteiger partial charge in [0.1, 0.15) is 12.6 Å². The highest BCUT2D eigenvalue weighted by Gasteiger charge is 2.29. The lowest BCUT2D eigenvalue weighted by molar-refractivity contribution is -0.121. The number of rotatable bonds is 9. The number of carbonyl (C=O) groups excluding carboxylic acids is 1. The van der Waals surface area contributed by atoms with Crippen molar-refractivity contribution in [1.82, 2.24) is 5.32 Å². The van der Waals surface area contributed by atoms with Crippen LogP contribution in [0.4, 0.5) is 5.69 Å². The summed E-state index contributed by atoms with van der Waals surface area (Å²) in [6.07, 6.45) is 1.04. The van der Waals surface area contributed by atoms with Gasteiger partial charge in [-0.05, 0) is 37.3 Å². The Balaban J connectivity index is 1.99. The van der Waals surface area contributed by atoms with Crippen molar-refractivity contribution in [2.45, 2.75) is 13.0 Å². The third-order valence-electron chi connectivity index (χ3n) is 3.88. The Kier molecular flexibility index (Phi) is 7.53. The zero-order chi connectivity index (χ0) is 20.7. The summed E-state index contributed by atoms with van der Waals surface area (Å²) in [5.74, 6) is 0.699. The molecule has 0 saturated carbocycles. The van der Waals surface area contributed by atoms with Crippen molar-refractivity contribution >= 4 is 33.2 Å². The molecule has 1 N–H and O–H groups in total. The molecule has 0 saturated heterocycles. The van der Waals surface area contributed by atoms with Crippen molar-refractivity contribution in [2.24, 2.45) is 0 Å². The van der Waals surface area contributed by atoms with Gasteiger partial charge < -0.3 is 14.8 Å². The molecule has 0 aromatic heterocycles. The molecule has 152 valence electrons. The van der Waals surface area contributed by atoms with E-state index in [2.05, 4.69) is 5.32 Å².